The molecule has 2 N–H and O–H groups in total. The average molecular weight is 381 g/mol. The molecule has 8 nitrogen and oxygen atoms in total. The summed E-state index contributed by atoms with van der Waals surface area (Å²) in [5.74, 6) is 0.361. The number of H-pyrrole nitrogens is 1. The number of benzene rings is 1. The van der Waals surface area contributed by atoms with Gasteiger partial charge in [0.2, 0.25) is 5.95 Å². The van der Waals surface area contributed by atoms with E-state index in [1.165, 1.54) is 10.7 Å². The lowest BCUT2D eigenvalue weighted by Gasteiger charge is -2.23. The molecule has 2 atom stereocenters. The van der Waals surface area contributed by atoms with Gasteiger partial charge in [-0.3, -0.25) is 14.6 Å². The van der Waals surface area contributed by atoms with Crippen LogP contribution in [-0.2, 0) is 4.74 Å². The highest BCUT2D eigenvalue weighted by Gasteiger charge is 2.29. The molecule has 0 radical (unpaired) electrons. The fraction of sp³-hybridized carbons (Fsp3) is 0.400. The molecule has 2 aromatic heterocycles. The van der Waals surface area contributed by atoms with Crippen LogP contribution in [0.3, 0.4) is 0 Å². The van der Waals surface area contributed by atoms with E-state index in [9.17, 15) is 9.59 Å². The van der Waals surface area contributed by atoms with Crippen LogP contribution in [0.1, 0.15) is 38.4 Å². The van der Waals surface area contributed by atoms with E-state index in [4.69, 9.17) is 4.74 Å². The number of hydrogen-bond donors (Lipinski definition) is 2. The standard InChI is InChI=1S/C20H23N5O3/c1-13(25-18(27)15-7-4-3-6-14(15)11-22-25)16-10-17(26)24-19(23-16)21-12-20(2)8-5-9-28-20/h3-4,6-7,10-11,13H,5,8-9,12H2,1-2H3,(H2,21,23,24,26)/t13-,20-/m0/s1. The van der Waals surface area contributed by atoms with E-state index in [1.54, 1.807) is 19.2 Å². The molecule has 1 fully saturated rings. The van der Waals surface area contributed by atoms with Gasteiger partial charge >= 0.3 is 0 Å². The third kappa shape index (κ3) is 3.55. The molecule has 1 aliphatic heterocycles. The van der Waals surface area contributed by atoms with Crippen LogP contribution in [-0.4, -0.2) is 38.5 Å². The summed E-state index contributed by atoms with van der Waals surface area (Å²) in [5, 5.41) is 8.79. The molecule has 8 heteroatoms. The largest absolute Gasteiger partial charge is 0.373 e. The quantitative estimate of drug-likeness (QED) is 0.701. The van der Waals surface area contributed by atoms with Gasteiger partial charge in [0.25, 0.3) is 11.1 Å². The second-order valence-corrected chi connectivity index (χ2v) is 7.43. The minimum Gasteiger partial charge on any atom is -0.373 e. The van der Waals surface area contributed by atoms with E-state index in [2.05, 4.69) is 20.4 Å². The number of nitrogens with zero attached hydrogens (tertiary/aromatic N) is 3. The molecule has 1 aromatic carbocycles. The number of aromatic nitrogens is 4. The summed E-state index contributed by atoms with van der Waals surface area (Å²) in [5.41, 5.74) is -0.301. The molecule has 3 heterocycles. The summed E-state index contributed by atoms with van der Waals surface area (Å²) in [6.07, 6.45) is 3.63. The van der Waals surface area contributed by atoms with Gasteiger partial charge in [-0.2, -0.15) is 5.10 Å². The third-order valence-corrected chi connectivity index (χ3v) is 5.21. The van der Waals surface area contributed by atoms with Crippen LogP contribution >= 0.6 is 0 Å². The molecule has 28 heavy (non-hydrogen) atoms. The van der Waals surface area contributed by atoms with Crippen LogP contribution in [0.4, 0.5) is 5.95 Å². The van der Waals surface area contributed by atoms with Gasteiger partial charge in [0, 0.05) is 24.6 Å². The highest BCUT2D eigenvalue weighted by Crippen LogP contribution is 2.25. The predicted octanol–water partition coefficient (Wildman–Crippen LogP) is 2.07. The van der Waals surface area contributed by atoms with Gasteiger partial charge < -0.3 is 10.1 Å². The number of fused-ring (bicyclic) bond motifs is 1. The summed E-state index contributed by atoms with van der Waals surface area (Å²) in [6.45, 7) is 5.13. The average Bonchev–Trinajstić information content (AvgIpc) is 3.13. The molecule has 4 rings (SSSR count). The van der Waals surface area contributed by atoms with E-state index in [0.717, 1.165) is 24.8 Å². The number of ether oxygens (including phenoxy) is 1. The van der Waals surface area contributed by atoms with Crippen molar-refractivity contribution in [3.63, 3.8) is 0 Å². The molecular formula is C20H23N5O3. The zero-order valence-electron chi connectivity index (χ0n) is 15.9. The Labute approximate surface area is 161 Å². The van der Waals surface area contributed by atoms with E-state index < -0.39 is 6.04 Å². The van der Waals surface area contributed by atoms with Crippen molar-refractivity contribution in [2.24, 2.45) is 0 Å². The predicted molar refractivity (Wildman–Crippen MR) is 107 cm³/mol. The molecule has 146 valence electrons. The van der Waals surface area contributed by atoms with Crippen LogP contribution in [0.5, 0.6) is 0 Å². The topological polar surface area (TPSA) is 102 Å². The van der Waals surface area contributed by atoms with Gasteiger partial charge in [-0.05, 0) is 32.8 Å². The van der Waals surface area contributed by atoms with Gasteiger partial charge in [0.15, 0.2) is 0 Å². The maximum Gasteiger partial charge on any atom is 0.275 e. The van der Waals surface area contributed by atoms with Crippen molar-refractivity contribution in [2.75, 3.05) is 18.5 Å². The number of anilines is 1. The second-order valence-electron chi connectivity index (χ2n) is 7.43. The molecule has 0 amide bonds. The highest BCUT2D eigenvalue weighted by molar-refractivity contribution is 5.80. The number of aromatic amines is 1. The molecule has 1 aliphatic rings. The Kier molecular flexibility index (Phi) is 4.72. The monoisotopic (exact) mass is 381 g/mol. The maximum absolute atomic E-state index is 12.8. The molecule has 0 unspecified atom stereocenters. The highest BCUT2D eigenvalue weighted by atomic mass is 16.5. The Balaban J connectivity index is 1.63. The molecule has 0 bridgehead atoms. The lowest BCUT2D eigenvalue weighted by Crippen LogP contribution is -2.34. The summed E-state index contributed by atoms with van der Waals surface area (Å²) >= 11 is 0. The number of nitrogens with one attached hydrogen (secondary N) is 2. The second kappa shape index (κ2) is 7.20. The SMILES string of the molecule is C[C@@H](c1cc(=O)[nH]c(NC[C@]2(C)CCCO2)n1)n1ncc2ccccc2c1=O. The van der Waals surface area contributed by atoms with Crippen LogP contribution < -0.4 is 16.4 Å². The van der Waals surface area contributed by atoms with Gasteiger partial charge in [0.1, 0.15) is 0 Å². The number of rotatable bonds is 5. The Hall–Kier alpha value is -3.00. The van der Waals surface area contributed by atoms with Crippen molar-refractivity contribution < 1.29 is 4.74 Å². The van der Waals surface area contributed by atoms with E-state index in [0.29, 0.717) is 23.6 Å². The summed E-state index contributed by atoms with van der Waals surface area (Å²) < 4.78 is 7.11. The van der Waals surface area contributed by atoms with Crippen LogP contribution in [0, 0.1) is 0 Å². The molecular weight excluding hydrogens is 358 g/mol. The van der Waals surface area contributed by atoms with Crippen molar-refractivity contribution in [1.29, 1.82) is 0 Å². The molecule has 0 saturated carbocycles. The minimum atomic E-state index is -0.488. The Morgan fingerprint density at radius 2 is 2.18 bits per heavy atom. The first-order valence-corrected chi connectivity index (χ1v) is 9.41. The van der Waals surface area contributed by atoms with Crippen molar-refractivity contribution in [2.45, 2.75) is 38.3 Å². The maximum atomic E-state index is 12.8. The first-order valence-electron chi connectivity index (χ1n) is 9.41. The first-order chi connectivity index (χ1) is 13.5. The lowest BCUT2D eigenvalue weighted by molar-refractivity contribution is 0.0314. The van der Waals surface area contributed by atoms with E-state index in [-0.39, 0.29) is 16.7 Å². The minimum absolute atomic E-state index is 0.214. The van der Waals surface area contributed by atoms with Crippen LogP contribution in [0.2, 0.25) is 0 Å². The van der Waals surface area contributed by atoms with E-state index >= 15 is 0 Å². The molecule has 3 aromatic rings. The first kappa shape index (κ1) is 18.4. The van der Waals surface area contributed by atoms with Crippen molar-refractivity contribution >= 4 is 16.7 Å². The van der Waals surface area contributed by atoms with Crippen molar-refractivity contribution in [3.8, 4) is 0 Å². The summed E-state index contributed by atoms with van der Waals surface area (Å²) in [7, 11) is 0. The Morgan fingerprint density at radius 1 is 1.36 bits per heavy atom. The fourth-order valence-electron chi connectivity index (χ4n) is 3.53. The molecule has 0 aliphatic carbocycles. The van der Waals surface area contributed by atoms with Gasteiger partial charge in [0.05, 0.1) is 28.9 Å². The Bertz CT molecular complexity index is 1110. The summed E-state index contributed by atoms with van der Waals surface area (Å²) in [4.78, 5) is 32.2. The van der Waals surface area contributed by atoms with Crippen molar-refractivity contribution in [1.82, 2.24) is 19.7 Å². The van der Waals surface area contributed by atoms with Crippen LogP contribution in [0.15, 0.2) is 46.1 Å². The number of hydrogen-bond acceptors (Lipinski definition) is 6. The third-order valence-electron chi connectivity index (χ3n) is 5.21. The normalized spacial score (nSPS) is 20.4. The summed E-state index contributed by atoms with van der Waals surface area (Å²) in [6, 6.07) is 8.20. The van der Waals surface area contributed by atoms with Gasteiger partial charge in [-0.25, -0.2) is 9.67 Å². The van der Waals surface area contributed by atoms with Gasteiger partial charge in [-0.1, -0.05) is 18.2 Å². The van der Waals surface area contributed by atoms with Gasteiger partial charge in [-0.15, -0.1) is 0 Å². The Morgan fingerprint density at radius 3 is 2.96 bits per heavy atom. The smallest absolute Gasteiger partial charge is 0.275 e. The zero-order chi connectivity index (χ0) is 19.7. The van der Waals surface area contributed by atoms with E-state index in [1.807, 2.05) is 25.1 Å². The molecule has 1 saturated heterocycles. The fourth-order valence-corrected chi connectivity index (χ4v) is 3.53. The lowest BCUT2D eigenvalue weighted by atomic mass is 10.0. The van der Waals surface area contributed by atoms with Crippen molar-refractivity contribution in [3.05, 3.63) is 62.9 Å². The zero-order valence-corrected chi connectivity index (χ0v) is 15.9. The molecule has 0 spiro atoms. The van der Waals surface area contributed by atoms with Crippen LogP contribution in [0.25, 0.3) is 10.8 Å².